The number of carboxylic acid groups (broad SMARTS) is 1. The maximum Gasteiger partial charge on any atom is 0.313 e. The Morgan fingerprint density at radius 1 is 0.667 bits per heavy atom. The number of Topliss-reactive ketones (excluding diaryl/α,β-unsaturated/α-hetero) is 4. The summed E-state index contributed by atoms with van der Waals surface area (Å²) < 4.78 is 5.92. The molecule has 0 saturated heterocycles. The Balaban J connectivity index is 2.22. The van der Waals surface area contributed by atoms with E-state index in [0.29, 0.717) is 17.7 Å². The van der Waals surface area contributed by atoms with Crippen molar-refractivity contribution in [3.8, 4) is 0 Å². The Morgan fingerprint density at radius 3 is 1.72 bits per heavy atom. The molecule has 0 radical (unpaired) electrons. The SMILES string of the molecule is CC(CC(C)[C@H](O)CC(=O)c1ccc(N)cc1)C1OC(=O)CC(=O)CCCC(=O)C[C@@H](O)C[C@@H](O)C[C@@H](O)CC(=O)CC(O)C(C(=O)O)C(O)C[C@H](O)/C=C/C=C/C=C/C=C/C=C/C=C/C=C/[C@@H]1C. The van der Waals surface area contributed by atoms with Crippen LogP contribution in [-0.4, -0.2) is 125 Å². The van der Waals surface area contributed by atoms with Gasteiger partial charge >= 0.3 is 11.9 Å². The smallest absolute Gasteiger partial charge is 0.313 e. The van der Waals surface area contributed by atoms with Gasteiger partial charge in [-0.1, -0.05) is 106 Å². The molecule has 16 heteroatoms. The van der Waals surface area contributed by atoms with Gasteiger partial charge < -0.3 is 51.3 Å². The van der Waals surface area contributed by atoms with E-state index in [2.05, 4.69) is 0 Å². The maximum absolute atomic E-state index is 13.2. The minimum absolute atomic E-state index is 0.0817. The molecule has 1 aromatic rings. The maximum atomic E-state index is 13.2. The number of carboxylic acids is 1. The normalized spacial score (nSPS) is 31.2. The highest BCUT2D eigenvalue weighted by atomic mass is 16.5. The molecule has 0 aliphatic carbocycles. The highest BCUT2D eigenvalue weighted by Crippen LogP contribution is 2.28. The number of cyclic esters (lactones) is 1. The minimum atomic E-state index is -1.86. The highest BCUT2D eigenvalue weighted by Gasteiger charge is 2.36. The number of ketones is 4. The third kappa shape index (κ3) is 25.1. The van der Waals surface area contributed by atoms with E-state index in [9.17, 15) is 69.6 Å². The van der Waals surface area contributed by atoms with Crippen LogP contribution in [0.4, 0.5) is 5.69 Å². The van der Waals surface area contributed by atoms with Gasteiger partial charge in [-0.3, -0.25) is 28.8 Å². The summed E-state index contributed by atoms with van der Waals surface area (Å²) in [5.74, 6) is -7.11. The summed E-state index contributed by atoms with van der Waals surface area (Å²) in [5.41, 5.74) is 6.68. The molecular weight excluding hydrogens is 891 g/mol. The molecule has 12 atom stereocenters. The number of nitrogen functional groups attached to an aromatic ring is 1. The number of carbonyl (C=O) groups is 6. The molecule has 0 aromatic heterocycles. The Hall–Kier alpha value is -5.46. The number of hydrogen-bond acceptors (Lipinski definition) is 15. The van der Waals surface area contributed by atoms with Crippen molar-refractivity contribution in [2.75, 3.05) is 5.73 Å². The van der Waals surface area contributed by atoms with Crippen molar-refractivity contribution in [2.45, 2.75) is 147 Å². The summed E-state index contributed by atoms with van der Waals surface area (Å²) in [4.78, 5) is 76.1. The molecule has 1 aliphatic rings. The second kappa shape index (κ2) is 32.4. The number of aliphatic hydroxyl groups is 7. The van der Waals surface area contributed by atoms with E-state index < -0.39 is 116 Å². The molecule has 0 saturated carbocycles. The van der Waals surface area contributed by atoms with Gasteiger partial charge in [0.05, 0.1) is 42.7 Å². The van der Waals surface area contributed by atoms with Crippen LogP contribution in [0.25, 0.3) is 0 Å². The average Bonchev–Trinajstić information content (AvgIpc) is 3.24. The van der Waals surface area contributed by atoms with Crippen LogP contribution >= 0.6 is 0 Å². The fourth-order valence-electron chi connectivity index (χ4n) is 7.93. The standard InChI is InChI=1S/C53H73NO15/c1-34-17-14-12-10-8-6-4-5-7-9-11-13-15-18-40(56)30-48(64)51(53(67)68)49(65)31-45(61)29-44(60)28-43(59)27-42(58)26-39(55)19-16-20-41(57)32-50(66)69-52(34)36(3)25-35(2)46(62)33-47(63)37-21-23-38(54)24-22-37/h4-15,17-18,21-24,34-36,40,42-44,46,48-49,51-52,56,58-60,62,64-65H,16,19-20,25-33,54H2,1-3H3,(H,67,68)/b5-4+,8-6+,9-7+,12-10+,13-11+,17-14+,18-15+/t34-,35?,36?,40+,42+,43+,44+,46+,48?,49?,51?,52?/m0/s1. The van der Waals surface area contributed by atoms with E-state index in [1.165, 1.54) is 12.2 Å². The molecule has 2 rings (SSSR count). The van der Waals surface area contributed by atoms with Crippen molar-refractivity contribution in [1.29, 1.82) is 0 Å². The molecular formula is C53H73NO15. The van der Waals surface area contributed by atoms with Gasteiger partial charge in [0.15, 0.2) is 5.78 Å². The summed E-state index contributed by atoms with van der Waals surface area (Å²) in [7, 11) is 0. The van der Waals surface area contributed by atoms with Crippen LogP contribution in [0, 0.1) is 23.7 Å². The lowest BCUT2D eigenvalue weighted by atomic mass is 9.83. The van der Waals surface area contributed by atoms with Crippen molar-refractivity contribution < 1.29 is 74.4 Å². The number of aliphatic carboxylic acids is 1. The summed E-state index contributed by atoms with van der Waals surface area (Å²) in [6, 6.07) is 6.43. The number of rotatable bonds is 8. The number of ether oxygens (including phenoxy) is 1. The fourth-order valence-corrected chi connectivity index (χ4v) is 7.93. The second-order valence-electron chi connectivity index (χ2n) is 18.0. The van der Waals surface area contributed by atoms with Crippen LogP contribution in [0.2, 0.25) is 0 Å². The predicted molar refractivity (Wildman–Crippen MR) is 260 cm³/mol. The van der Waals surface area contributed by atoms with Gasteiger partial charge in [-0.2, -0.15) is 0 Å². The molecule has 69 heavy (non-hydrogen) atoms. The van der Waals surface area contributed by atoms with E-state index >= 15 is 0 Å². The monoisotopic (exact) mass is 963 g/mol. The summed E-state index contributed by atoms with van der Waals surface area (Å²) in [5, 5.41) is 83.4. The number of aliphatic hydroxyl groups excluding tert-OH is 7. The van der Waals surface area contributed by atoms with Gasteiger partial charge in [0, 0.05) is 62.1 Å². The van der Waals surface area contributed by atoms with Crippen LogP contribution in [0.15, 0.2) is 109 Å². The second-order valence-corrected chi connectivity index (χ2v) is 18.0. The van der Waals surface area contributed by atoms with Crippen molar-refractivity contribution in [1.82, 2.24) is 0 Å². The zero-order chi connectivity index (χ0) is 51.5. The molecule has 6 unspecified atom stereocenters. The summed E-state index contributed by atoms with van der Waals surface area (Å²) in [6.45, 7) is 5.54. The number of hydrogen-bond donors (Lipinski definition) is 9. The third-order valence-corrected chi connectivity index (χ3v) is 11.6. The number of esters is 1. The van der Waals surface area contributed by atoms with Crippen molar-refractivity contribution in [3.63, 3.8) is 0 Å². The van der Waals surface area contributed by atoms with Crippen LogP contribution in [0.1, 0.15) is 108 Å². The highest BCUT2D eigenvalue weighted by molar-refractivity contribution is 5.97. The first-order valence-electron chi connectivity index (χ1n) is 23.5. The summed E-state index contributed by atoms with van der Waals surface area (Å²) in [6.07, 6.45) is 9.87. The number of nitrogens with two attached hydrogens (primary N) is 1. The first-order chi connectivity index (χ1) is 32.7. The fraction of sp³-hybridized carbons (Fsp3) is 0.509. The van der Waals surface area contributed by atoms with Crippen molar-refractivity contribution >= 4 is 40.8 Å². The van der Waals surface area contributed by atoms with Crippen molar-refractivity contribution in [3.05, 3.63) is 115 Å². The molecule has 0 fully saturated rings. The number of benzene rings is 1. The van der Waals surface area contributed by atoms with Crippen LogP contribution in [-0.2, 0) is 28.7 Å². The van der Waals surface area contributed by atoms with E-state index in [1.807, 2.05) is 26.8 Å². The van der Waals surface area contributed by atoms with E-state index in [-0.39, 0.29) is 62.1 Å². The topological polar surface area (TPSA) is 300 Å². The molecule has 0 bridgehead atoms. The van der Waals surface area contributed by atoms with E-state index in [0.717, 1.165) is 0 Å². The quantitative estimate of drug-likeness (QED) is 0.0732. The van der Waals surface area contributed by atoms with E-state index in [4.69, 9.17) is 10.5 Å². The van der Waals surface area contributed by atoms with Gasteiger partial charge in [-0.15, -0.1) is 0 Å². The number of allylic oxidation sites excluding steroid dienone is 12. The van der Waals surface area contributed by atoms with Crippen molar-refractivity contribution in [2.24, 2.45) is 23.7 Å². The Labute approximate surface area is 405 Å². The first kappa shape index (κ1) is 59.7. The zero-order valence-corrected chi connectivity index (χ0v) is 39.8. The Morgan fingerprint density at radius 2 is 1.17 bits per heavy atom. The largest absolute Gasteiger partial charge is 0.481 e. The van der Waals surface area contributed by atoms with Gasteiger partial charge in [0.1, 0.15) is 35.8 Å². The number of carbonyl (C=O) groups excluding carboxylic acids is 5. The van der Waals surface area contributed by atoms with Gasteiger partial charge in [0.25, 0.3) is 0 Å². The Bertz CT molecular complexity index is 2000. The average molecular weight is 964 g/mol. The molecule has 1 aromatic carbocycles. The summed E-state index contributed by atoms with van der Waals surface area (Å²) >= 11 is 0. The van der Waals surface area contributed by atoms with Crippen LogP contribution in [0.3, 0.4) is 0 Å². The predicted octanol–water partition coefficient (Wildman–Crippen LogP) is 4.79. The lowest BCUT2D eigenvalue weighted by Gasteiger charge is -2.31. The molecule has 1 heterocycles. The molecule has 0 amide bonds. The van der Waals surface area contributed by atoms with Crippen LogP contribution in [0.5, 0.6) is 0 Å². The molecule has 1 aliphatic heterocycles. The molecule has 16 nitrogen and oxygen atoms in total. The lowest BCUT2D eigenvalue weighted by Crippen LogP contribution is -2.41. The van der Waals surface area contributed by atoms with E-state index in [1.54, 1.807) is 91.1 Å². The van der Waals surface area contributed by atoms with Crippen LogP contribution < -0.4 is 5.73 Å². The van der Waals surface area contributed by atoms with Gasteiger partial charge in [-0.25, -0.2) is 0 Å². The molecule has 380 valence electrons. The van der Waals surface area contributed by atoms with Gasteiger partial charge in [0.2, 0.25) is 0 Å². The molecule has 0 spiro atoms. The minimum Gasteiger partial charge on any atom is -0.481 e. The number of anilines is 1. The Kier molecular flexibility index (Phi) is 28.0. The third-order valence-electron chi connectivity index (χ3n) is 11.6. The lowest BCUT2D eigenvalue weighted by molar-refractivity contribution is -0.156. The molecule has 10 N–H and O–H groups in total. The zero-order valence-electron chi connectivity index (χ0n) is 39.8. The first-order valence-corrected chi connectivity index (χ1v) is 23.5. The van der Waals surface area contributed by atoms with Gasteiger partial charge in [-0.05, 0) is 61.8 Å².